The highest BCUT2D eigenvalue weighted by Crippen LogP contribution is 2.26. The van der Waals surface area contributed by atoms with Gasteiger partial charge in [0.1, 0.15) is 5.75 Å². The molecule has 6 nitrogen and oxygen atoms in total. The van der Waals surface area contributed by atoms with Crippen molar-refractivity contribution in [1.29, 1.82) is 0 Å². The topological polar surface area (TPSA) is 79.5 Å². The van der Waals surface area contributed by atoms with Crippen molar-refractivity contribution >= 4 is 56.4 Å². The van der Waals surface area contributed by atoms with Crippen LogP contribution in [0.1, 0.15) is 40.5 Å². The lowest BCUT2D eigenvalue weighted by molar-refractivity contribution is 0.0976. The Kier molecular flexibility index (Phi) is 8.97. The molecule has 0 aliphatic carbocycles. The fourth-order valence-corrected chi connectivity index (χ4v) is 3.56. The van der Waals surface area contributed by atoms with Gasteiger partial charge in [0, 0.05) is 22.5 Å². The second-order valence-corrected chi connectivity index (χ2v) is 8.42. The van der Waals surface area contributed by atoms with E-state index < -0.39 is 0 Å². The maximum atomic E-state index is 12.5. The standard InChI is InChI=1S/C25H24BrN3O3S/c1-2-3-15-32-22-14-9-18(16-21(22)26)24(31)29-25(33)28-20-12-10-19(11-13-20)27-23(30)17-7-5-4-6-8-17/h4-14,16H,2-3,15H2,1H3,(H,27,30)(H2,28,29,31,33). The summed E-state index contributed by atoms with van der Waals surface area (Å²) in [5, 5.41) is 8.63. The number of nitrogens with one attached hydrogen (secondary N) is 3. The lowest BCUT2D eigenvalue weighted by atomic mass is 10.2. The van der Waals surface area contributed by atoms with Crippen LogP contribution in [0.5, 0.6) is 5.75 Å². The van der Waals surface area contributed by atoms with Gasteiger partial charge in [-0.2, -0.15) is 0 Å². The monoisotopic (exact) mass is 525 g/mol. The smallest absolute Gasteiger partial charge is 0.257 e. The van der Waals surface area contributed by atoms with Gasteiger partial charge in [-0.3, -0.25) is 14.9 Å². The highest BCUT2D eigenvalue weighted by atomic mass is 79.9. The van der Waals surface area contributed by atoms with E-state index in [1.54, 1.807) is 54.6 Å². The first-order valence-corrected chi connectivity index (χ1v) is 11.7. The van der Waals surface area contributed by atoms with E-state index in [0.29, 0.717) is 39.3 Å². The average molecular weight is 526 g/mol. The van der Waals surface area contributed by atoms with E-state index in [2.05, 4.69) is 38.8 Å². The van der Waals surface area contributed by atoms with Gasteiger partial charge >= 0.3 is 0 Å². The Morgan fingerprint density at radius 1 is 0.879 bits per heavy atom. The Labute approximate surface area is 206 Å². The Bertz CT molecular complexity index is 1120. The lowest BCUT2D eigenvalue weighted by Gasteiger charge is -2.12. The molecule has 3 N–H and O–H groups in total. The van der Waals surface area contributed by atoms with Crippen LogP contribution in [0.2, 0.25) is 0 Å². The number of rotatable bonds is 8. The molecule has 8 heteroatoms. The minimum absolute atomic E-state index is 0.167. The molecule has 0 saturated carbocycles. The maximum absolute atomic E-state index is 12.5. The lowest BCUT2D eigenvalue weighted by Crippen LogP contribution is -2.34. The molecule has 0 unspecified atom stereocenters. The molecule has 0 aromatic heterocycles. The normalized spacial score (nSPS) is 10.2. The molecule has 0 bridgehead atoms. The summed E-state index contributed by atoms with van der Waals surface area (Å²) in [6.45, 7) is 2.73. The van der Waals surface area contributed by atoms with E-state index in [1.807, 2.05) is 18.2 Å². The van der Waals surface area contributed by atoms with Crippen LogP contribution >= 0.6 is 28.1 Å². The van der Waals surface area contributed by atoms with Crippen LogP contribution in [0.4, 0.5) is 11.4 Å². The number of unbranched alkanes of at least 4 members (excludes halogenated alkanes) is 1. The van der Waals surface area contributed by atoms with Crippen molar-refractivity contribution in [2.45, 2.75) is 19.8 Å². The molecule has 0 spiro atoms. The Morgan fingerprint density at radius 2 is 1.55 bits per heavy atom. The largest absolute Gasteiger partial charge is 0.492 e. The van der Waals surface area contributed by atoms with E-state index in [1.165, 1.54) is 0 Å². The molecule has 2 amide bonds. The molecule has 170 valence electrons. The number of carbonyl (C=O) groups excluding carboxylic acids is 2. The van der Waals surface area contributed by atoms with Crippen LogP contribution in [0.25, 0.3) is 0 Å². The number of hydrogen-bond donors (Lipinski definition) is 3. The summed E-state index contributed by atoms with van der Waals surface area (Å²) in [5.41, 5.74) is 2.36. The number of carbonyl (C=O) groups is 2. The first-order valence-electron chi connectivity index (χ1n) is 10.5. The zero-order valence-corrected chi connectivity index (χ0v) is 20.5. The molecule has 0 aliphatic heterocycles. The minimum atomic E-state index is -0.333. The van der Waals surface area contributed by atoms with E-state index in [-0.39, 0.29) is 16.9 Å². The number of anilines is 2. The molecular formula is C25H24BrN3O3S. The Morgan fingerprint density at radius 3 is 2.18 bits per heavy atom. The number of amides is 2. The van der Waals surface area contributed by atoms with Crippen LogP contribution in [0.15, 0.2) is 77.3 Å². The molecule has 0 aliphatic rings. The summed E-state index contributed by atoms with van der Waals surface area (Å²) in [6.07, 6.45) is 2.02. The van der Waals surface area contributed by atoms with Crippen LogP contribution < -0.4 is 20.7 Å². The molecule has 3 aromatic carbocycles. The van der Waals surface area contributed by atoms with Crippen molar-refractivity contribution in [3.05, 3.63) is 88.4 Å². The van der Waals surface area contributed by atoms with Gasteiger partial charge < -0.3 is 15.4 Å². The third-order valence-corrected chi connectivity index (χ3v) is 5.44. The van der Waals surface area contributed by atoms with Crippen LogP contribution in [0.3, 0.4) is 0 Å². The zero-order valence-electron chi connectivity index (χ0n) is 18.1. The van der Waals surface area contributed by atoms with Crippen molar-refractivity contribution in [2.75, 3.05) is 17.2 Å². The number of thiocarbonyl (C=S) groups is 1. The summed E-state index contributed by atoms with van der Waals surface area (Å²) in [7, 11) is 0. The van der Waals surface area contributed by atoms with E-state index in [4.69, 9.17) is 17.0 Å². The first kappa shape index (κ1) is 24.4. The van der Waals surface area contributed by atoms with Gasteiger partial charge in [-0.15, -0.1) is 0 Å². The molecule has 0 radical (unpaired) electrons. The Balaban J connectivity index is 1.52. The number of ether oxygens (including phenoxy) is 1. The summed E-state index contributed by atoms with van der Waals surface area (Å²) in [6, 6.07) is 21.1. The third-order valence-electron chi connectivity index (χ3n) is 4.61. The van der Waals surface area contributed by atoms with Gasteiger partial charge in [-0.1, -0.05) is 31.5 Å². The second-order valence-electron chi connectivity index (χ2n) is 7.15. The molecule has 0 fully saturated rings. The van der Waals surface area contributed by atoms with Crippen molar-refractivity contribution in [3.63, 3.8) is 0 Å². The predicted octanol–water partition coefficient (Wildman–Crippen LogP) is 6.01. The van der Waals surface area contributed by atoms with Gasteiger partial charge in [0.2, 0.25) is 0 Å². The summed E-state index contributed by atoms with van der Waals surface area (Å²) in [4.78, 5) is 24.8. The molecular weight excluding hydrogens is 502 g/mol. The SMILES string of the molecule is CCCCOc1ccc(C(=O)NC(=S)Nc2ccc(NC(=O)c3ccccc3)cc2)cc1Br. The molecule has 33 heavy (non-hydrogen) atoms. The van der Waals surface area contributed by atoms with Crippen molar-refractivity contribution in [1.82, 2.24) is 5.32 Å². The van der Waals surface area contributed by atoms with Crippen LogP contribution in [0, 0.1) is 0 Å². The van der Waals surface area contributed by atoms with Crippen molar-refractivity contribution < 1.29 is 14.3 Å². The second kappa shape index (κ2) is 12.1. The van der Waals surface area contributed by atoms with Gasteiger partial charge in [0.25, 0.3) is 11.8 Å². The maximum Gasteiger partial charge on any atom is 0.257 e. The van der Waals surface area contributed by atoms with Crippen molar-refractivity contribution in [3.8, 4) is 5.75 Å². The zero-order chi connectivity index (χ0) is 23.6. The molecule has 0 saturated heterocycles. The molecule has 3 aromatic rings. The summed E-state index contributed by atoms with van der Waals surface area (Å²) in [5.74, 6) is 0.173. The highest BCUT2D eigenvalue weighted by Gasteiger charge is 2.11. The Hall–Kier alpha value is -3.23. The third kappa shape index (κ3) is 7.40. The van der Waals surface area contributed by atoms with Crippen LogP contribution in [-0.2, 0) is 0 Å². The van der Waals surface area contributed by atoms with E-state index in [0.717, 1.165) is 12.8 Å². The number of halogens is 1. The van der Waals surface area contributed by atoms with Gasteiger partial charge in [0.05, 0.1) is 11.1 Å². The predicted molar refractivity (Wildman–Crippen MR) is 139 cm³/mol. The molecule has 3 rings (SSSR count). The van der Waals surface area contributed by atoms with Gasteiger partial charge in [-0.25, -0.2) is 0 Å². The number of hydrogen-bond acceptors (Lipinski definition) is 4. The van der Waals surface area contributed by atoms with Gasteiger partial charge in [0.15, 0.2) is 5.11 Å². The average Bonchev–Trinajstić information content (AvgIpc) is 2.82. The molecule has 0 heterocycles. The minimum Gasteiger partial charge on any atom is -0.492 e. The van der Waals surface area contributed by atoms with Crippen LogP contribution in [-0.4, -0.2) is 23.5 Å². The van der Waals surface area contributed by atoms with E-state index >= 15 is 0 Å². The fourth-order valence-electron chi connectivity index (χ4n) is 2.85. The summed E-state index contributed by atoms with van der Waals surface area (Å²) < 4.78 is 6.39. The molecule has 0 atom stereocenters. The number of benzene rings is 3. The first-order chi connectivity index (χ1) is 16.0. The van der Waals surface area contributed by atoms with E-state index in [9.17, 15) is 9.59 Å². The van der Waals surface area contributed by atoms with Gasteiger partial charge in [-0.05, 0) is 89.2 Å². The van der Waals surface area contributed by atoms with Crippen molar-refractivity contribution in [2.24, 2.45) is 0 Å². The fraction of sp³-hybridized carbons (Fsp3) is 0.160. The summed E-state index contributed by atoms with van der Waals surface area (Å²) >= 11 is 8.70. The highest BCUT2D eigenvalue weighted by molar-refractivity contribution is 9.10. The quantitative estimate of drug-likeness (QED) is 0.248.